The smallest absolute Gasteiger partial charge is 0.198 e. The second kappa shape index (κ2) is 2.74. The summed E-state index contributed by atoms with van der Waals surface area (Å²) in [4.78, 5) is 4.16. The Kier molecular flexibility index (Phi) is 2.14. The Balaban J connectivity index is 2.98. The highest BCUT2D eigenvalue weighted by molar-refractivity contribution is 9.10. The van der Waals surface area contributed by atoms with E-state index in [2.05, 4.69) is 34.8 Å². The molecule has 0 amide bonds. The monoisotopic (exact) mass is 203 g/mol. The average Bonchev–Trinajstić information content (AvgIpc) is 2.13. The maximum Gasteiger partial charge on any atom is 0.198 e. The molecule has 0 aliphatic rings. The lowest BCUT2D eigenvalue weighted by Gasteiger charge is -1.93. The molecule has 0 radical (unpaired) electrons. The van der Waals surface area contributed by atoms with Crippen molar-refractivity contribution in [2.45, 2.75) is 26.7 Å². The molecule has 1 rings (SSSR count). The number of halogens is 1. The lowest BCUT2D eigenvalue weighted by molar-refractivity contribution is 0.450. The van der Waals surface area contributed by atoms with Crippen molar-refractivity contribution in [1.29, 1.82) is 0 Å². The molecule has 0 aliphatic heterocycles. The summed E-state index contributed by atoms with van der Waals surface area (Å²) in [6.45, 7) is 6.00. The molecule has 2 nitrogen and oxygen atoms in total. The Bertz CT molecular complexity index is 210. The highest BCUT2D eigenvalue weighted by atomic mass is 79.9. The van der Waals surface area contributed by atoms with Crippen LogP contribution in [0.2, 0.25) is 0 Å². The van der Waals surface area contributed by atoms with Gasteiger partial charge in [-0.25, -0.2) is 4.98 Å². The minimum atomic E-state index is 0.366. The number of hydrogen-bond acceptors (Lipinski definition) is 2. The van der Waals surface area contributed by atoms with Crippen LogP contribution in [0.4, 0.5) is 0 Å². The summed E-state index contributed by atoms with van der Waals surface area (Å²) < 4.78 is 6.13. The minimum absolute atomic E-state index is 0.366. The van der Waals surface area contributed by atoms with Crippen LogP contribution in [0.25, 0.3) is 0 Å². The van der Waals surface area contributed by atoms with E-state index in [-0.39, 0.29) is 0 Å². The van der Waals surface area contributed by atoms with Crippen molar-refractivity contribution in [3.63, 3.8) is 0 Å². The van der Waals surface area contributed by atoms with Gasteiger partial charge in [-0.1, -0.05) is 13.8 Å². The molecule has 1 aromatic rings. The van der Waals surface area contributed by atoms with Crippen molar-refractivity contribution >= 4 is 15.9 Å². The maximum atomic E-state index is 5.32. The van der Waals surface area contributed by atoms with E-state index in [1.807, 2.05) is 6.92 Å². The second-order valence-electron chi connectivity index (χ2n) is 2.55. The fourth-order valence-electron chi connectivity index (χ4n) is 0.644. The minimum Gasteiger partial charge on any atom is -0.445 e. The van der Waals surface area contributed by atoms with Gasteiger partial charge in [-0.15, -0.1) is 0 Å². The van der Waals surface area contributed by atoms with Crippen molar-refractivity contribution < 1.29 is 4.42 Å². The van der Waals surface area contributed by atoms with E-state index in [1.165, 1.54) is 0 Å². The van der Waals surface area contributed by atoms with Crippen molar-refractivity contribution in [3.05, 3.63) is 16.3 Å². The molecule has 0 spiro atoms. The van der Waals surface area contributed by atoms with Crippen LogP contribution in [0.1, 0.15) is 31.4 Å². The van der Waals surface area contributed by atoms with Crippen LogP contribution in [0, 0.1) is 6.92 Å². The van der Waals surface area contributed by atoms with Crippen LogP contribution in [0.5, 0.6) is 0 Å². The van der Waals surface area contributed by atoms with Gasteiger partial charge < -0.3 is 4.42 Å². The molecule has 56 valence electrons. The topological polar surface area (TPSA) is 26.0 Å². The predicted molar refractivity (Wildman–Crippen MR) is 43.0 cm³/mol. The zero-order valence-corrected chi connectivity index (χ0v) is 7.90. The SMILES string of the molecule is Cc1oc(C(C)C)nc1Br. The van der Waals surface area contributed by atoms with E-state index >= 15 is 0 Å². The quantitative estimate of drug-likeness (QED) is 0.702. The molecule has 0 atom stereocenters. The zero-order chi connectivity index (χ0) is 7.72. The summed E-state index contributed by atoms with van der Waals surface area (Å²) in [6, 6.07) is 0. The van der Waals surface area contributed by atoms with E-state index in [4.69, 9.17) is 4.42 Å². The van der Waals surface area contributed by atoms with E-state index in [1.54, 1.807) is 0 Å². The molecule has 0 saturated carbocycles. The third-order valence-corrected chi connectivity index (χ3v) is 1.99. The second-order valence-corrected chi connectivity index (χ2v) is 3.30. The normalized spacial score (nSPS) is 10.9. The summed E-state index contributed by atoms with van der Waals surface area (Å²) in [7, 11) is 0. The summed E-state index contributed by atoms with van der Waals surface area (Å²) in [6.07, 6.45) is 0. The Morgan fingerprint density at radius 1 is 1.50 bits per heavy atom. The third kappa shape index (κ3) is 1.40. The molecule has 0 fully saturated rings. The number of hydrogen-bond donors (Lipinski definition) is 0. The molecule has 3 heteroatoms. The fraction of sp³-hybridized carbons (Fsp3) is 0.571. The van der Waals surface area contributed by atoms with Crippen LogP contribution in [-0.4, -0.2) is 4.98 Å². The Hall–Kier alpha value is -0.310. The average molecular weight is 204 g/mol. The number of aryl methyl sites for hydroxylation is 1. The van der Waals surface area contributed by atoms with Crippen LogP contribution in [0.3, 0.4) is 0 Å². The molecule has 1 aromatic heterocycles. The first-order valence-electron chi connectivity index (χ1n) is 3.24. The summed E-state index contributed by atoms with van der Waals surface area (Å²) in [5, 5.41) is 0. The Morgan fingerprint density at radius 2 is 2.10 bits per heavy atom. The molecule has 0 aliphatic carbocycles. The summed E-state index contributed by atoms with van der Waals surface area (Å²) in [5.74, 6) is 2.01. The van der Waals surface area contributed by atoms with E-state index in [0.29, 0.717) is 5.92 Å². The van der Waals surface area contributed by atoms with Gasteiger partial charge in [0.25, 0.3) is 0 Å². The molecular formula is C7H10BrNO. The maximum absolute atomic E-state index is 5.32. The van der Waals surface area contributed by atoms with Gasteiger partial charge >= 0.3 is 0 Å². The molecule has 0 saturated heterocycles. The van der Waals surface area contributed by atoms with Gasteiger partial charge in [0, 0.05) is 5.92 Å². The first kappa shape index (κ1) is 7.79. The van der Waals surface area contributed by atoms with Gasteiger partial charge in [-0.3, -0.25) is 0 Å². The summed E-state index contributed by atoms with van der Waals surface area (Å²) >= 11 is 3.28. The van der Waals surface area contributed by atoms with Gasteiger partial charge in [0.05, 0.1) is 0 Å². The van der Waals surface area contributed by atoms with Gasteiger partial charge in [-0.2, -0.15) is 0 Å². The van der Waals surface area contributed by atoms with Crippen LogP contribution in [-0.2, 0) is 0 Å². The molecule has 0 aromatic carbocycles. The fourth-order valence-corrected chi connectivity index (χ4v) is 0.900. The van der Waals surface area contributed by atoms with Crippen molar-refractivity contribution in [2.24, 2.45) is 0 Å². The van der Waals surface area contributed by atoms with Gasteiger partial charge in [0.15, 0.2) is 5.89 Å². The molecule has 0 bridgehead atoms. The molecule has 1 heterocycles. The van der Waals surface area contributed by atoms with Crippen LogP contribution in [0.15, 0.2) is 9.02 Å². The Labute approximate surface area is 68.8 Å². The molecule has 0 N–H and O–H groups in total. The van der Waals surface area contributed by atoms with Crippen LogP contribution < -0.4 is 0 Å². The van der Waals surface area contributed by atoms with Crippen molar-refractivity contribution in [1.82, 2.24) is 4.98 Å². The molecule has 10 heavy (non-hydrogen) atoms. The van der Waals surface area contributed by atoms with E-state index < -0.39 is 0 Å². The van der Waals surface area contributed by atoms with E-state index in [9.17, 15) is 0 Å². The Morgan fingerprint density at radius 3 is 2.30 bits per heavy atom. The lowest BCUT2D eigenvalue weighted by Crippen LogP contribution is -1.84. The first-order chi connectivity index (χ1) is 4.61. The molecule has 0 unspecified atom stereocenters. The highest BCUT2D eigenvalue weighted by Gasteiger charge is 2.08. The number of oxazole rings is 1. The largest absolute Gasteiger partial charge is 0.445 e. The van der Waals surface area contributed by atoms with Gasteiger partial charge in [0.2, 0.25) is 0 Å². The highest BCUT2D eigenvalue weighted by Crippen LogP contribution is 2.20. The van der Waals surface area contributed by atoms with Crippen molar-refractivity contribution in [2.75, 3.05) is 0 Å². The summed E-state index contributed by atoms with van der Waals surface area (Å²) in [5.41, 5.74) is 0. The predicted octanol–water partition coefficient (Wildman–Crippen LogP) is 2.87. The number of rotatable bonds is 1. The third-order valence-electron chi connectivity index (χ3n) is 1.25. The zero-order valence-electron chi connectivity index (χ0n) is 6.31. The number of nitrogens with zero attached hydrogens (tertiary/aromatic N) is 1. The molecular weight excluding hydrogens is 194 g/mol. The van der Waals surface area contributed by atoms with Gasteiger partial charge in [0.1, 0.15) is 10.4 Å². The van der Waals surface area contributed by atoms with Crippen molar-refractivity contribution in [3.8, 4) is 0 Å². The van der Waals surface area contributed by atoms with Gasteiger partial charge in [-0.05, 0) is 22.9 Å². The van der Waals surface area contributed by atoms with Crippen LogP contribution >= 0.6 is 15.9 Å². The van der Waals surface area contributed by atoms with E-state index in [0.717, 1.165) is 16.3 Å². The lowest BCUT2D eigenvalue weighted by atomic mass is 10.2. The number of aromatic nitrogens is 1. The standard InChI is InChI=1S/C7H10BrNO/c1-4(2)7-9-6(8)5(3)10-7/h4H,1-3H3. The first-order valence-corrected chi connectivity index (χ1v) is 4.03.